The van der Waals surface area contributed by atoms with Gasteiger partial charge < -0.3 is 13.9 Å². The lowest BCUT2D eigenvalue weighted by atomic mass is 9.96. The zero-order valence-corrected chi connectivity index (χ0v) is 12.7. The van der Waals surface area contributed by atoms with E-state index in [-0.39, 0.29) is 0 Å². The number of aldehydes is 1. The maximum absolute atomic E-state index is 11.9. The molecule has 0 fully saturated rings. The van der Waals surface area contributed by atoms with Gasteiger partial charge in [0, 0.05) is 28.1 Å². The standard InChI is InChI=1S/C18H14O5/c1-21-15-8-7-11(10-19)17(18(15)22-2)13-9-16(20)23-14-6-4-3-5-12(13)14/h3-10H,1-2H3. The molecule has 116 valence electrons. The first kappa shape index (κ1) is 14.8. The van der Waals surface area contributed by atoms with Crippen LogP contribution in [0.4, 0.5) is 0 Å². The number of rotatable bonds is 4. The third-order valence-electron chi connectivity index (χ3n) is 3.62. The molecular weight excluding hydrogens is 296 g/mol. The van der Waals surface area contributed by atoms with E-state index in [2.05, 4.69) is 0 Å². The summed E-state index contributed by atoms with van der Waals surface area (Å²) < 4.78 is 15.9. The molecule has 0 spiro atoms. The summed E-state index contributed by atoms with van der Waals surface area (Å²) >= 11 is 0. The number of para-hydroxylation sites is 1. The van der Waals surface area contributed by atoms with E-state index in [1.165, 1.54) is 20.3 Å². The van der Waals surface area contributed by atoms with Crippen LogP contribution in [0.1, 0.15) is 10.4 Å². The Balaban J connectivity index is 2.48. The Kier molecular flexibility index (Phi) is 3.85. The largest absolute Gasteiger partial charge is 0.493 e. The molecule has 0 aliphatic rings. The van der Waals surface area contributed by atoms with Gasteiger partial charge in [-0.1, -0.05) is 18.2 Å². The van der Waals surface area contributed by atoms with E-state index in [0.29, 0.717) is 39.2 Å². The van der Waals surface area contributed by atoms with E-state index < -0.39 is 5.63 Å². The highest BCUT2D eigenvalue weighted by Gasteiger charge is 2.19. The summed E-state index contributed by atoms with van der Waals surface area (Å²) in [5.74, 6) is 0.873. The van der Waals surface area contributed by atoms with Gasteiger partial charge in [-0.3, -0.25) is 4.79 Å². The van der Waals surface area contributed by atoms with E-state index in [1.807, 2.05) is 12.1 Å². The lowest BCUT2D eigenvalue weighted by molar-refractivity contribution is 0.112. The Labute approximate surface area is 132 Å². The molecule has 0 aliphatic carbocycles. The van der Waals surface area contributed by atoms with E-state index in [0.717, 1.165) is 6.29 Å². The minimum Gasteiger partial charge on any atom is -0.493 e. The molecule has 0 radical (unpaired) electrons. The van der Waals surface area contributed by atoms with E-state index in [4.69, 9.17) is 13.9 Å². The first-order chi connectivity index (χ1) is 11.2. The Bertz CT molecular complexity index is 940. The van der Waals surface area contributed by atoms with Gasteiger partial charge in [0.05, 0.1) is 14.2 Å². The van der Waals surface area contributed by atoms with Crippen LogP contribution in [0.25, 0.3) is 22.1 Å². The van der Waals surface area contributed by atoms with Crippen LogP contribution in [0.15, 0.2) is 51.7 Å². The molecule has 5 heteroatoms. The minimum absolute atomic E-state index is 0.396. The fraction of sp³-hybridized carbons (Fsp3) is 0.111. The van der Waals surface area contributed by atoms with Crippen LogP contribution in [0.2, 0.25) is 0 Å². The molecule has 0 saturated heterocycles. The first-order valence-corrected chi connectivity index (χ1v) is 6.93. The Morgan fingerprint density at radius 1 is 1.04 bits per heavy atom. The van der Waals surface area contributed by atoms with Crippen LogP contribution in [0, 0.1) is 0 Å². The summed E-state index contributed by atoms with van der Waals surface area (Å²) in [6.07, 6.45) is 0.723. The van der Waals surface area contributed by atoms with Crippen molar-refractivity contribution in [1.29, 1.82) is 0 Å². The highest BCUT2D eigenvalue weighted by atomic mass is 16.5. The molecule has 3 rings (SSSR count). The number of hydrogen-bond donors (Lipinski definition) is 0. The van der Waals surface area contributed by atoms with Gasteiger partial charge in [-0.2, -0.15) is 0 Å². The van der Waals surface area contributed by atoms with Gasteiger partial charge >= 0.3 is 5.63 Å². The third-order valence-corrected chi connectivity index (χ3v) is 3.62. The fourth-order valence-corrected chi connectivity index (χ4v) is 2.64. The molecule has 0 N–H and O–H groups in total. The fourth-order valence-electron chi connectivity index (χ4n) is 2.64. The van der Waals surface area contributed by atoms with Crippen LogP contribution < -0.4 is 15.1 Å². The predicted molar refractivity (Wildman–Crippen MR) is 86.4 cm³/mol. The van der Waals surface area contributed by atoms with Gasteiger partial charge in [-0.25, -0.2) is 4.79 Å². The second kappa shape index (κ2) is 5.96. The van der Waals surface area contributed by atoms with Crippen molar-refractivity contribution in [2.24, 2.45) is 0 Å². The third kappa shape index (κ3) is 2.46. The molecule has 0 atom stereocenters. The molecule has 0 amide bonds. The number of ether oxygens (including phenoxy) is 2. The van der Waals surface area contributed by atoms with E-state index in [1.54, 1.807) is 24.3 Å². The van der Waals surface area contributed by atoms with Crippen molar-refractivity contribution in [1.82, 2.24) is 0 Å². The average Bonchev–Trinajstić information content (AvgIpc) is 2.59. The minimum atomic E-state index is -0.500. The SMILES string of the molecule is COc1ccc(C=O)c(-c2cc(=O)oc3ccccc23)c1OC. The van der Waals surface area contributed by atoms with E-state index >= 15 is 0 Å². The normalized spacial score (nSPS) is 10.5. The maximum atomic E-state index is 11.9. The second-order valence-electron chi connectivity index (χ2n) is 4.86. The lowest BCUT2D eigenvalue weighted by Gasteiger charge is -2.15. The van der Waals surface area contributed by atoms with Gasteiger partial charge in [-0.05, 0) is 18.2 Å². The van der Waals surface area contributed by atoms with Gasteiger partial charge in [-0.15, -0.1) is 0 Å². The number of fused-ring (bicyclic) bond motifs is 1. The summed E-state index contributed by atoms with van der Waals surface area (Å²) in [6, 6.07) is 11.8. The predicted octanol–water partition coefficient (Wildman–Crippen LogP) is 3.29. The van der Waals surface area contributed by atoms with Gasteiger partial charge in [0.25, 0.3) is 0 Å². The van der Waals surface area contributed by atoms with Gasteiger partial charge in [0.2, 0.25) is 0 Å². The van der Waals surface area contributed by atoms with E-state index in [9.17, 15) is 9.59 Å². The van der Waals surface area contributed by atoms with Crippen LogP contribution >= 0.6 is 0 Å². The van der Waals surface area contributed by atoms with Crippen molar-refractivity contribution >= 4 is 17.3 Å². The molecule has 23 heavy (non-hydrogen) atoms. The Morgan fingerprint density at radius 2 is 1.83 bits per heavy atom. The molecule has 0 bridgehead atoms. The number of hydrogen-bond acceptors (Lipinski definition) is 5. The number of benzene rings is 2. The summed E-state index contributed by atoms with van der Waals surface area (Å²) in [5.41, 5.74) is 1.41. The monoisotopic (exact) mass is 310 g/mol. The molecule has 0 unspecified atom stereocenters. The topological polar surface area (TPSA) is 65.7 Å². The zero-order valence-electron chi connectivity index (χ0n) is 12.7. The highest BCUT2D eigenvalue weighted by Crippen LogP contribution is 2.42. The second-order valence-corrected chi connectivity index (χ2v) is 4.86. The smallest absolute Gasteiger partial charge is 0.336 e. The summed E-state index contributed by atoms with van der Waals surface area (Å²) in [5, 5.41) is 0.710. The van der Waals surface area contributed by atoms with Crippen molar-refractivity contribution < 1.29 is 18.7 Å². The van der Waals surface area contributed by atoms with Crippen molar-refractivity contribution in [2.45, 2.75) is 0 Å². The zero-order chi connectivity index (χ0) is 16.4. The highest BCUT2D eigenvalue weighted by molar-refractivity contribution is 6.01. The lowest BCUT2D eigenvalue weighted by Crippen LogP contribution is -2.02. The molecule has 0 saturated carbocycles. The number of carbonyl (C=O) groups is 1. The summed E-state index contributed by atoms with van der Waals surface area (Å²) in [7, 11) is 3.00. The van der Waals surface area contributed by atoms with Gasteiger partial charge in [0.1, 0.15) is 5.58 Å². The number of carbonyl (C=O) groups excluding carboxylic acids is 1. The van der Waals surface area contributed by atoms with Crippen molar-refractivity contribution in [3.8, 4) is 22.6 Å². The summed E-state index contributed by atoms with van der Waals surface area (Å²) in [6.45, 7) is 0. The molecule has 2 aromatic carbocycles. The maximum Gasteiger partial charge on any atom is 0.336 e. The van der Waals surface area contributed by atoms with Crippen LogP contribution in [0.5, 0.6) is 11.5 Å². The van der Waals surface area contributed by atoms with Crippen molar-refractivity contribution in [3.63, 3.8) is 0 Å². The van der Waals surface area contributed by atoms with Crippen LogP contribution in [0.3, 0.4) is 0 Å². The Hall–Kier alpha value is -3.08. The average molecular weight is 310 g/mol. The van der Waals surface area contributed by atoms with Crippen LogP contribution in [-0.2, 0) is 0 Å². The van der Waals surface area contributed by atoms with Gasteiger partial charge in [0.15, 0.2) is 17.8 Å². The van der Waals surface area contributed by atoms with Crippen LogP contribution in [-0.4, -0.2) is 20.5 Å². The molecule has 5 nitrogen and oxygen atoms in total. The first-order valence-electron chi connectivity index (χ1n) is 6.93. The molecule has 1 heterocycles. The summed E-state index contributed by atoms with van der Waals surface area (Å²) in [4.78, 5) is 23.4. The Morgan fingerprint density at radius 3 is 2.52 bits per heavy atom. The number of methoxy groups -OCH3 is 2. The molecular formula is C18H14O5. The van der Waals surface area contributed by atoms with Crippen molar-refractivity contribution in [2.75, 3.05) is 14.2 Å². The molecule has 3 aromatic rings. The molecule has 0 aliphatic heterocycles. The molecule has 1 aromatic heterocycles. The quantitative estimate of drug-likeness (QED) is 0.546. The van der Waals surface area contributed by atoms with Crippen molar-refractivity contribution in [3.05, 3.63) is 58.4 Å².